The standard InChI is InChI=1S/C14H17N3O5S/c1-10(12-3-2-4-13(8-12)17(19)20)15-16-14(18)7-11-5-6-23(21,22)9-11/h2-4,8,11H,5-7,9H2,1H3,(H,16,18)/b15-10-/t11-/m1/s1. The number of hydrogen-bond acceptors (Lipinski definition) is 6. The van der Waals surface area contributed by atoms with E-state index in [1.807, 2.05) is 0 Å². The van der Waals surface area contributed by atoms with Crippen LogP contribution < -0.4 is 5.43 Å². The van der Waals surface area contributed by atoms with Gasteiger partial charge >= 0.3 is 0 Å². The van der Waals surface area contributed by atoms with Crippen molar-refractivity contribution in [3.05, 3.63) is 39.9 Å². The van der Waals surface area contributed by atoms with Gasteiger partial charge < -0.3 is 0 Å². The largest absolute Gasteiger partial charge is 0.273 e. The second kappa shape index (κ2) is 6.86. The maximum absolute atomic E-state index is 11.8. The zero-order chi connectivity index (χ0) is 17.0. The van der Waals surface area contributed by atoms with Gasteiger partial charge in [0.2, 0.25) is 5.91 Å². The van der Waals surface area contributed by atoms with Crippen LogP contribution in [0.15, 0.2) is 29.4 Å². The second-order valence-corrected chi connectivity index (χ2v) is 7.74. The van der Waals surface area contributed by atoms with E-state index < -0.39 is 14.8 Å². The Morgan fingerprint density at radius 3 is 2.83 bits per heavy atom. The maximum Gasteiger partial charge on any atom is 0.270 e. The highest BCUT2D eigenvalue weighted by molar-refractivity contribution is 7.91. The van der Waals surface area contributed by atoms with Crippen LogP contribution in [0.2, 0.25) is 0 Å². The molecule has 23 heavy (non-hydrogen) atoms. The molecule has 0 bridgehead atoms. The summed E-state index contributed by atoms with van der Waals surface area (Å²) in [5, 5.41) is 14.7. The number of sulfone groups is 1. The fourth-order valence-electron chi connectivity index (χ4n) is 2.40. The van der Waals surface area contributed by atoms with Gasteiger partial charge in [-0.1, -0.05) is 12.1 Å². The molecule has 1 aromatic carbocycles. The number of nitrogens with zero attached hydrogens (tertiary/aromatic N) is 2. The zero-order valence-corrected chi connectivity index (χ0v) is 13.4. The normalized spacial score (nSPS) is 20.2. The number of carbonyl (C=O) groups is 1. The molecule has 1 aliphatic heterocycles. The summed E-state index contributed by atoms with van der Waals surface area (Å²) in [4.78, 5) is 22.0. The third-order valence-corrected chi connectivity index (χ3v) is 5.46. The molecule has 8 nitrogen and oxygen atoms in total. The van der Waals surface area contributed by atoms with E-state index in [9.17, 15) is 23.3 Å². The van der Waals surface area contributed by atoms with Crippen molar-refractivity contribution in [2.24, 2.45) is 11.0 Å². The van der Waals surface area contributed by atoms with Gasteiger partial charge in [0, 0.05) is 24.1 Å². The zero-order valence-electron chi connectivity index (χ0n) is 12.6. The number of nitrogens with one attached hydrogen (secondary N) is 1. The van der Waals surface area contributed by atoms with Crippen LogP contribution in [0.1, 0.15) is 25.3 Å². The number of carbonyl (C=O) groups excluding carboxylic acids is 1. The van der Waals surface area contributed by atoms with Crippen LogP contribution >= 0.6 is 0 Å². The van der Waals surface area contributed by atoms with Crippen LogP contribution in [-0.2, 0) is 14.6 Å². The van der Waals surface area contributed by atoms with Gasteiger partial charge in [0.25, 0.3) is 5.69 Å². The first kappa shape index (κ1) is 17.1. The Morgan fingerprint density at radius 2 is 2.22 bits per heavy atom. The minimum atomic E-state index is -3.01. The Labute approximate surface area is 133 Å². The molecule has 1 N–H and O–H groups in total. The molecule has 2 rings (SSSR count). The number of benzene rings is 1. The van der Waals surface area contributed by atoms with Crippen LogP contribution in [0.25, 0.3) is 0 Å². The monoisotopic (exact) mass is 339 g/mol. The molecule has 9 heteroatoms. The molecule has 0 unspecified atom stereocenters. The summed E-state index contributed by atoms with van der Waals surface area (Å²) < 4.78 is 22.7. The van der Waals surface area contributed by atoms with Crippen molar-refractivity contribution >= 4 is 27.1 Å². The summed E-state index contributed by atoms with van der Waals surface area (Å²) in [6.45, 7) is 1.62. The van der Waals surface area contributed by atoms with E-state index in [1.165, 1.54) is 18.2 Å². The number of nitro benzene ring substituents is 1. The lowest BCUT2D eigenvalue weighted by molar-refractivity contribution is -0.384. The molecular formula is C14H17N3O5S. The highest BCUT2D eigenvalue weighted by Crippen LogP contribution is 2.21. The molecule has 1 atom stereocenters. The number of non-ortho nitro benzene ring substituents is 1. The van der Waals surface area contributed by atoms with Crippen molar-refractivity contribution in [1.29, 1.82) is 0 Å². The molecular weight excluding hydrogens is 322 g/mol. The Bertz CT molecular complexity index is 757. The molecule has 124 valence electrons. The fraction of sp³-hybridized carbons (Fsp3) is 0.429. The van der Waals surface area contributed by atoms with E-state index in [2.05, 4.69) is 10.5 Å². The molecule has 0 spiro atoms. The smallest absolute Gasteiger partial charge is 0.270 e. The van der Waals surface area contributed by atoms with E-state index in [4.69, 9.17) is 0 Å². The quantitative estimate of drug-likeness (QED) is 0.492. The predicted octanol–water partition coefficient (Wildman–Crippen LogP) is 1.26. The van der Waals surface area contributed by atoms with Gasteiger partial charge in [-0.15, -0.1) is 0 Å². The molecule has 1 fully saturated rings. The summed E-state index contributed by atoms with van der Waals surface area (Å²) >= 11 is 0. The molecule has 1 aliphatic rings. The van der Waals surface area contributed by atoms with Crippen molar-refractivity contribution in [2.45, 2.75) is 19.8 Å². The predicted molar refractivity (Wildman–Crippen MR) is 84.8 cm³/mol. The van der Waals surface area contributed by atoms with Crippen LogP contribution in [0.4, 0.5) is 5.69 Å². The molecule has 1 amide bonds. The number of hydrazone groups is 1. The second-order valence-electron chi connectivity index (χ2n) is 5.51. The van der Waals surface area contributed by atoms with Crippen molar-refractivity contribution in [3.63, 3.8) is 0 Å². The van der Waals surface area contributed by atoms with Gasteiger partial charge in [-0.25, -0.2) is 13.8 Å². The van der Waals surface area contributed by atoms with Crippen LogP contribution in [0, 0.1) is 16.0 Å². The molecule has 1 heterocycles. The summed E-state index contributed by atoms with van der Waals surface area (Å²) in [5.41, 5.74) is 3.27. The van der Waals surface area contributed by atoms with Crippen molar-refractivity contribution in [3.8, 4) is 0 Å². The van der Waals surface area contributed by atoms with Gasteiger partial charge in [-0.05, 0) is 19.3 Å². The average molecular weight is 339 g/mol. The summed E-state index contributed by atoms with van der Waals surface area (Å²) in [6.07, 6.45) is 0.592. The minimum Gasteiger partial charge on any atom is -0.273 e. The fourth-order valence-corrected chi connectivity index (χ4v) is 4.26. The van der Waals surface area contributed by atoms with Gasteiger partial charge in [-0.2, -0.15) is 5.10 Å². The molecule has 0 radical (unpaired) electrons. The summed E-state index contributed by atoms with van der Waals surface area (Å²) in [6, 6.07) is 5.93. The first-order valence-corrected chi connectivity index (χ1v) is 8.87. The van der Waals surface area contributed by atoms with Crippen molar-refractivity contribution in [1.82, 2.24) is 5.43 Å². The third kappa shape index (κ3) is 4.85. The van der Waals surface area contributed by atoms with E-state index in [1.54, 1.807) is 13.0 Å². The Balaban J connectivity index is 1.95. The Hall–Kier alpha value is -2.29. The van der Waals surface area contributed by atoms with Gasteiger partial charge in [-0.3, -0.25) is 14.9 Å². The number of amides is 1. The lowest BCUT2D eigenvalue weighted by Gasteiger charge is -2.06. The van der Waals surface area contributed by atoms with Gasteiger partial charge in [0.1, 0.15) is 0 Å². The van der Waals surface area contributed by atoms with E-state index in [0.29, 0.717) is 17.7 Å². The van der Waals surface area contributed by atoms with E-state index in [-0.39, 0.29) is 35.4 Å². The van der Waals surface area contributed by atoms with Crippen molar-refractivity contribution in [2.75, 3.05) is 11.5 Å². The van der Waals surface area contributed by atoms with Crippen LogP contribution in [0.3, 0.4) is 0 Å². The number of hydrogen-bond donors (Lipinski definition) is 1. The average Bonchev–Trinajstić information content (AvgIpc) is 2.83. The first-order valence-electron chi connectivity index (χ1n) is 7.05. The maximum atomic E-state index is 11.8. The lowest BCUT2D eigenvalue weighted by atomic mass is 10.1. The lowest BCUT2D eigenvalue weighted by Crippen LogP contribution is -2.22. The number of nitro groups is 1. The topological polar surface area (TPSA) is 119 Å². The van der Waals surface area contributed by atoms with Crippen LogP contribution in [-0.4, -0.2) is 36.5 Å². The Morgan fingerprint density at radius 1 is 1.48 bits per heavy atom. The summed E-state index contributed by atoms with van der Waals surface area (Å²) in [7, 11) is -3.01. The van der Waals surface area contributed by atoms with Crippen molar-refractivity contribution < 1.29 is 18.1 Å². The molecule has 1 aromatic rings. The third-order valence-electron chi connectivity index (χ3n) is 3.62. The molecule has 0 aromatic heterocycles. The van der Waals surface area contributed by atoms with Crippen LogP contribution in [0.5, 0.6) is 0 Å². The van der Waals surface area contributed by atoms with E-state index >= 15 is 0 Å². The van der Waals surface area contributed by atoms with E-state index in [0.717, 1.165) is 0 Å². The SMILES string of the molecule is C/C(=N/NC(=O)C[C@H]1CCS(=O)(=O)C1)c1cccc([N+](=O)[O-])c1. The van der Waals surface area contributed by atoms with Gasteiger partial charge in [0.15, 0.2) is 9.84 Å². The Kier molecular flexibility index (Phi) is 5.09. The summed E-state index contributed by atoms with van der Waals surface area (Å²) in [5.74, 6) is -0.375. The highest BCUT2D eigenvalue weighted by atomic mass is 32.2. The van der Waals surface area contributed by atoms with Gasteiger partial charge in [0.05, 0.1) is 22.1 Å². The number of rotatable bonds is 5. The molecule has 0 aliphatic carbocycles. The molecule has 0 saturated carbocycles. The highest BCUT2D eigenvalue weighted by Gasteiger charge is 2.29. The minimum absolute atomic E-state index is 0.0357. The first-order chi connectivity index (χ1) is 10.8. The molecule has 1 saturated heterocycles.